The van der Waals surface area contributed by atoms with Gasteiger partial charge in [0.1, 0.15) is 24.7 Å². The van der Waals surface area contributed by atoms with E-state index in [2.05, 4.69) is 17.2 Å². The fraction of sp³-hybridized carbons (Fsp3) is 0.455. The molecule has 1 aromatic carbocycles. The van der Waals surface area contributed by atoms with Crippen LogP contribution < -0.4 is 15.8 Å². The minimum absolute atomic E-state index is 0.0928. The van der Waals surface area contributed by atoms with E-state index in [4.69, 9.17) is 19.7 Å². The average molecular weight is 631 g/mol. The van der Waals surface area contributed by atoms with Gasteiger partial charge in [-0.1, -0.05) is 38.3 Å². The summed E-state index contributed by atoms with van der Waals surface area (Å²) in [5.41, 5.74) is 4.86. The van der Waals surface area contributed by atoms with Crippen LogP contribution in [0.5, 0.6) is 5.75 Å². The molecule has 0 radical (unpaired) electrons. The second-order valence-electron chi connectivity index (χ2n) is 11.9. The number of carbonyl (C=O) groups excluding carboxylic acids is 2. The number of aryl methyl sites for hydroxylation is 2. The van der Waals surface area contributed by atoms with E-state index in [0.29, 0.717) is 53.3 Å². The van der Waals surface area contributed by atoms with E-state index in [1.165, 1.54) is 0 Å². The number of ether oxygens (including phenoxy) is 2. The van der Waals surface area contributed by atoms with E-state index in [-0.39, 0.29) is 31.1 Å². The zero-order valence-corrected chi connectivity index (χ0v) is 26.0. The summed E-state index contributed by atoms with van der Waals surface area (Å²) in [6, 6.07) is 7.46. The lowest BCUT2D eigenvalue weighted by molar-refractivity contribution is -0.172. The second kappa shape index (κ2) is 13.0. The van der Waals surface area contributed by atoms with Crippen molar-refractivity contribution in [2.24, 2.45) is 0 Å². The Morgan fingerprint density at radius 1 is 1.11 bits per heavy atom. The summed E-state index contributed by atoms with van der Waals surface area (Å²) in [5, 5.41) is 29.1. The molecule has 5 heterocycles. The largest absolute Gasteiger partial charge is 0.487 e. The molecule has 242 valence electrons. The Morgan fingerprint density at radius 2 is 1.91 bits per heavy atom. The molecule has 1 atom stereocenters. The van der Waals surface area contributed by atoms with Crippen molar-refractivity contribution in [2.75, 3.05) is 0 Å². The molecule has 0 saturated heterocycles. The van der Waals surface area contributed by atoms with Crippen molar-refractivity contribution < 1.29 is 29.4 Å². The zero-order valence-electron chi connectivity index (χ0n) is 26.0. The number of amides is 1. The fourth-order valence-electron chi connectivity index (χ4n) is 6.45. The number of esters is 1. The van der Waals surface area contributed by atoms with Crippen LogP contribution in [0.4, 0.5) is 0 Å². The summed E-state index contributed by atoms with van der Waals surface area (Å²) < 4.78 is 14.8. The Hall–Kier alpha value is -4.62. The van der Waals surface area contributed by atoms with Crippen LogP contribution >= 0.6 is 0 Å². The highest BCUT2D eigenvalue weighted by molar-refractivity contribution is 5.90. The number of nitrogens with one attached hydrogen (secondary N) is 1. The molecule has 46 heavy (non-hydrogen) atoms. The van der Waals surface area contributed by atoms with Crippen molar-refractivity contribution in [1.82, 2.24) is 30.0 Å². The summed E-state index contributed by atoms with van der Waals surface area (Å²) in [5.74, 6) is -0.422. The number of benzene rings is 1. The topological polar surface area (TPSA) is 171 Å². The predicted octanol–water partition coefficient (Wildman–Crippen LogP) is 3.66. The van der Waals surface area contributed by atoms with Gasteiger partial charge < -0.3 is 19.1 Å². The molecule has 2 aliphatic heterocycles. The molecule has 3 aromatic heterocycles. The van der Waals surface area contributed by atoms with Crippen LogP contribution in [0.3, 0.4) is 0 Å². The first kappa shape index (κ1) is 31.4. The van der Waals surface area contributed by atoms with E-state index >= 15 is 0 Å². The number of hydrogen-bond donors (Lipinski definition) is 3. The van der Waals surface area contributed by atoms with Gasteiger partial charge in [0.05, 0.1) is 35.2 Å². The standard InChI is InChI=1S/C33H38N6O7/c1-3-22-23-14-21(45-18-20-16-38(37-35-20)13-9-7-5-6-8-10-29(40)36-44)11-12-27(23)34-30-24(22)17-39-28(30)15-26-25(31(39)41)19-46-32(42)33(26,43)4-2/h11-12,14-16,43-44H,3-10,13,17-19H2,1-2H3,(H,36,40)/t33-/m0/s1. The number of nitrogens with zero attached hydrogens (tertiary/aromatic N) is 5. The molecule has 0 saturated carbocycles. The van der Waals surface area contributed by atoms with Crippen molar-refractivity contribution in [1.29, 1.82) is 0 Å². The molecule has 13 nitrogen and oxygen atoms in total. The SMILES string of the molecule is CCc1c2c(nc3ccc(OCc4cn(CCCCCCCC(=O)NO)nn4)cc13)-c1cc3c(c(=O)n1C2)COC(=O)[C@]3(O)CC. The molecule has 0 bridgehead atoms. The predicted molar refractivity (Wildman–Crippen MR) is 166 cm³/mol. The van der Waals surface area contributed by atoms with Gasteiger partial charge in [0.25, 0.3) is 5.56 Å². The Kier molecular flexibility index (Phi) is 8.87. The average Bonchev–Trinajstić information content (AvgIpc) is 3.68. The first-order chi connectivity index (χ1) is 22.3. The van der Waals surface area contributed by atoms with E-state index in [9.17, 15) is 19.5 Å². The van der Waals surface area contributed by atoms with Crippen molar-refractivity contribution in [3.05, 3.63) is 68.8 Å². The minimum atomic E-state index is -1.86. The molecule has 0 spiro atoms. The van der Waals surface area contributed by atoms with Crippen LogP contribution in [-0.2, 0) is 52.7 Å². The molecule has 0 fully saturated rings. The lowest BCUT2D eigenvalue weighted by atomic mass is 9.86. The van der Waals surface area contributed by atoms with Crippen molar-refractivity contribution >= 4 is 22.8 Å². The van der Waals surface area contributed by atoms with Crippen molar-refractivity contribution in [2.45, 2.75) is 97.1 Å². The number of rotatable bonds is 13. The fourth-order valence-corrected chi connectivity index (χ4v) is 6.45. The maximum Gasteiger partial charge on any atom is 0.343 e. The number of unbranched alkanes of at least 4 members (excludes halogenated alkanes) is 4. The van der Waals surface area contributed by atoms with Crippen LogP contribution in [0.15, 0.2) is 35.3 Å². The van der Waals surface area contributed by atoms with Gasteiger partial charge in [-0.2, -0.15) is 0 Å². The van der Waals surface area contributed by atoms with Crippen LogP contribution in [0.25, 0.3) is 22.3 Å². The van der Waals surface area contributed by atoms with Gasteiger partial charge >= 0.3 is 5.97 Å². The second-order valence-corrected chi connectivity index (χ2v) is 11.9. The zero-order chi connectivity index (χ0) is 32.4. The Balaban J connectivity index is 1.15. The van der Waals surface area contributed by atoms with Crippen LogP contribution in [-0.4, -0.2) is 46.7 Å². The number of hydroxylamine groups is 1. The summed E-state index contributed by atoms with van der Waals surface area (Å²) in [6.07, 6.45) is 7.67. The quantitative estimate of drug-likeness (QED) is 0.0755. The van der Waals surface area contributed by atoms with Gasteiger partial charge in [0, 0.05) is 29.5 Å². The molecule has 13 heteroatoms. The monoisotopic (exact) mass is 630 g/mol. The summed E-state index contributed by atoms with van der Waals surface area (Å²) in [6.45, 7) is 4.94. The minimum Gasteiger partial charge on any atom is -0.487 e. The molecule has 3 N–H and O–H groups in total. The van der Waals surface area contributed by atoms with Crippen LogP contribution in [0.2, 0.25) is 0 Å². The molecular formula is C33H38N6O7. The molecular weight excluding hydrogens is 592 g/mol. The van der Waals surface area contributed by atoms with Crippen molar-refractivity contribution in [3.63, 3.8) is 0 Å². The van der Waals surface area contributed by atoms with Crippen LogP contribution in [0.1, 0.15) is 86.7 Å². The number of carbonyl (C=O) groups is 2. The smallest absolute Gasteiger partial charge is 0.343 e. The lowest BCUT2D eigenvalue weighted by Gasteiger charge is -2.31. The molecule has 1 amide bonds. The number of aromatic nitrogens is 5. The highest BCUT2D eigenvalue weighted by Crippen LogP contribution is 2.40. The number of cyclic esters (lactones) is 1. The first-order valence-corrected chi connectivity index (χ1v) is 15.8. The van der Waals surface area contributed by atoms with Gasteiger partial charge in [-0.3, -0.25) is 19.5 Å². The normalized spacial score (nSPS) is 16.6. The Morgan fingerprint density at radius 3 is 2.70 bits per heavy atom. The molecule has 6 rings (SSSR count). The number of fused-ring (bicyclic) bond motifs is 5. The third-order valence-electron chi connectivity index (χ3n) is 9.02. The van der Waals surface area contributed by atoms with Crippen LogP contribution in [0, 0.1) is 0 Å². The van der Waals surface area contributed by atoms with E-state index in [1.807, 2.05) is 29.1 Å². The molecule has 0 aliphatic carbocycles. The maximum atomic E-state index is 13.6. The lowest BCUT2D eigenvalue weighted by Crippen LogP contribution is -2.44. The van der Waals surface area contributed by atoms with Gasteiger partial charge in [0.2, 0.25) is 5.91 Å². The summed E-state index contributed by atoms with van der Waals surface area (Å²) in [4.78, 5) is 42.1. The molecule has 2 aliphatic rings. The highest BCUT2D eigenvalue weighted by Gasteiger charge is 2.45. The van der Waals surface area contributed by atoms with Gasteiger partial charge in [0.15, 0.2) is 5.60 Å². The van der Waals surface area contributed by atoms with Gasteiger partial charge in [-0.15, -0.1) is 5.10 Å². The van der Waals surface area contributed by atoms with Gasteiger partial charge in [-0.05, 0) is 55.5 Å². The van der Waals surface area contributed by atoms with Gasteiger partial charge in [-0.25, -0.2) is 15.3 Å². The third kappa shape index (κ3) is 5.76. The number of aliphatic hydroxyl groups is 1. The van der Waals surface area contributed by atoms with E-state index < -0.39 is 11.6 Å². The number of hydrogen-bond acceptors (Lipinski definition) is 10. The van der Waals surface area contributed by atoms with Crippen molar-refractivity contribution in [3.8, 4) is 17.1 Å². The summed E-state index contributed by atoms with van der Waals surface area (Å²) >= 11 is 0. The summed E-state index contributed by atoms with van der Waals surface area (Å²) in [7, 11) is 0. The number of pyridine rings is 2. The molecule has 4 aromatic rings. The van der Waals surface area contributed by atoms with E-state index in [0.717, 1.165) is 60.7 Å². The Labute approximate surface area is 265 Å². The van der Waals surface area contributed by atoms with E-state index in [1.54, 1.807) is 23.0 Å². The highest BCUT2D eigenvalue weighted by atomic mass is 16.6. The molecule has 0 unspecified atom stereocenters. The first-order valence-electron chi connectivity index (χ1n) is 15.8. The third-order valence-corrected chi connectivity index (χ3v) is 9.02. The Bertz CT molecular complexity index is 1870. The maximum absolute atomic E-state index is 13.6.